The molecular formula is C10H19N3O. The SMILES string of the molecule is O=C(NCCCC1CNC1)NC1CC1. The van der Waals surface area contributed by atoms with Crippen molar-refractivity contribution < 1.29 is 4.79 Å². The topological polar surface area (TPSA) is 53.2 Å². The molecule has 2 rings (SSSR count). The van der Waals surface area contributed by atoms with Crippen LogP contribution in [0.25, 0.3) is 0 Å². The normalized spacial score (nSPS) is 21.4. The average Bonchev–Trinajstić information content (AvgIpc) is 2.84. The Kier molecular flexibility index (Phi) is 3.24. The van der Waals surface area contributed by atoms with Gasteiger partial charge in [0.2, 0.25) is 0 Å². The summed E-state index contributed by atoms with van der Waals surface area (Å²) in [5.41, 5.74) is 0. The first-order valence-corrected chi connectivity index (χ1v) is 5.59. The lowest BCUT2D eigenvalue weighted by Crippen LogP contribution is -2.42. The van der Waals surface area contributed by atoms with Crippen LogP contribution in [-0.4, -0.2) is 31.7 Å². The summed E-state index contributed by atoms with van der Waals surface area (Å²) in [5.74, 6) is 0.850. The molecule has 2 amide bonds. The fourth-order valence-corrected chi connectivity index (χ4v) is 1.61. The quantitative estimate of drug-likeness (QED) is 0.560. The minimum atomic E-state index is 0.0132. The van der Waals surface area contributed by atoms with Gasteiger partial charge in [0.15, 0.2) is 0 Å². The minimum Gasteiger partial charge on any atom is -0.338 e. The van der Waals surface area contributed by atoms with Crippen molar-refractivity contribution in [3.63, 3.8) is 0 Å². The van der Waals surface area contributed by atoms with E-state index in [1.165, 1.54) is 6.42 Å². The van der Waals surface area contributed by atoms with Gasteiger partial charge < -0.3 is 16.0 Å². The molecule has 1 heterocycles. The van der Waals surface area contributed by atoms with E-state index in [0.717, 1.165) is 44.8 Å². The maximum atomic E-state index is 11.2. The number of hydrogen-bond donors (Lipinski definition) is 3. The summed E-state index contributed by atoms with van der Waals surface area (Å²) in [6.07, 6.45) is 4.64. The lowest BCUT2D eigenvalue weighted by molar-refractivity contribution is 0.239. The largest absolute Gasteiger partial charge is 0.338 e. The maximum Gasteiger partial charge on any atom is 0.315 e. The third-order valence-electron chi connectivity index (χ3n) is 2.85. The molecule has 0 bridgehead atoms. The van der Waals surface area contributed by atoms with Crippen LogP contribution in [0.5, 0.6) is 0 Å². The standard InChI is InChI=1S/C10H19N3O/c14-10(13-9-3-4-9)12-5-1-2-8-6-11-7-8/h8-9,11H,1-7H2,(H2,12,13,14). The average molecular weight is 197 g/mol. The Hall–Kier alpha value is -0.770. The van der Waals surface area contributed by atoms with Crippen molar-refractivity contribution in [3.05, 3.63) is 0 Å². The molecule has 0 atom stereocenters. The molecule has 1 aliphatic carbocycles. The van der Waals surface area contributed by atoms with E-state index in [2.05, 4.69) is 16.0 Å². The van der Waals surface area contributed by atoms with Gasteiger partial charge in [-0.1, -0.05) is 0 Å². The van der Waals surface area contributed by atoms with Gasteiger partial charge in [-0.15, -0.1) is 0 Å². The molecule has 80 valence electrons. The number of urea groups is 1. The molecule has 0 aromatic rings. The summed E-state index contributed by atoms with van der Waals surface area (Å²) < 4.78 is 0. The number of rotatable bonds is 5. The molecule has 4 nitrogen and oxygen atoms in total. The minimum absolute atomic E-state index is 0.0132. The first kappa shape index (κ1) is 9.77. The van der Waals surface area contributed by atoms with Gasteiger partial charge in [-0.05, 0) is 44.7 Å². The first-order chi connectivity index (χ1) is 6.84. The van der Waals surface area contributed by atoms with Crippen LogP contribution in [0.15, 0.2) is 0 Å². The zero-order valence-electron chi connectivity index (χ0n) is 8.51. The molecule has 2 fully saturated rings. The Morgan fingerprint density at radius 2 is 2.14 bits per heavy atom. The molecule has 1 saturated heterocycles. The van der Waals surface area contributed by atoms with Crippen molar-refractivity contribution in [2.24, 2.45) is 5.92 Å². The van der Waals surface area contributed by atoms with Gasteiger partial charge in [0.05, 0.1) is 0 Å². The Morgan fingerprint density at radius 3 is 2.71 bits per heavy atom. The van der Waals surface area contributed by atoms with Gasteiger partial charge >= 0.3 is 6.03 Å². The summed E-state index contributed by atoms with van der Waals surface area (Å²) in [4.78, 5) is 11.2. The third-order valence-corrected chi connectivity index (χ3v) is 2.85. The fraction of sp³-hybridized carbons (Fsp3) is 0.900. The van der Waals surface area contributed by atoms with E-state index < -0.39 is 0 Å². The Morgan fingerprint density at radius 1 is 1.36 bits per heavy atom. The van der Waals surface area contributed by atoms with Crippen LogP contribution in [-0.2, 0) is 0 Å². The first-order valence-electron chi connectivity index (χ1n) is 5.59. The molecular weight excluding hydrogens is 178 g/mol. The summed E-state index contributed by atoms with van der Waals surface area (Å²) in [6.45, 7) is 3.14. The number of amides is 2. The Bertz CT molecular complexity index is 200. The fourth-order valence-electron chi connectivity index (χ4n) is 1.61. The predicted molar refractivity (Wildman–Crippen MR) is 55.2 cm³/mol. The lowest BCUT2D eigenvalue weighted by Gasteiger charge is -2.26. The monoisotopic (exact) mass is 197 g/mol. The van der Waals surface area contributed by atoms with E-state index in [1.54, 1.807) is 0 Å². The van der Waals surface area contributed by atoms with Crippen LogP contribution < -0.4 is 16.0 Å². The van der Waals surface area contributed by atoms with Crippen LogP contribution in [0.2, 0.25) is 0 Å². The molecule has 3 N–H and O–H groups in total. The van der Waals surface area contributed by atoms with E-state index in [4.69, 9.17) is 0 Å². The van der Waals surface area contributed by atoms with Crippen molar-refractivity contribution >= 4 is 6.03 Å². The zero-order valence-corrected chi connectivity index (χ0v) is 8.51. The Labute approximate surface area is 84.8 Å². The second-order valence-corrected chi connectivity index (χ2v) is 4.34. The predicted octanol–water partition coefficient (Wildman–Crippen LogP) is 0.448. The third kappa shape index (κ3) is 3.18. The van der Waals surface area contributed by atoms with Gasteiger partial charge in [0.1, 0.15) is 0 Å². The molecule has 0 radical (unpaired) electrons. The molecule has 1 saturated carbocycles. The highest BCUT2D eigenvalue weighted by Crippen LogP contribution is 2.18. The summed E-state index contributed by atoms with van der Waals surface area (Å²) in [7, 11) is 0. The van der Waals surface area contributed by atoms with Crippen LogP contribution in [0.4, 0.5) is 4.79 Å². The van der Waals surface area contributed by atoms with Gasteiger partial charge in [0.25, 0.3) is 0 Å². The molecule has 0 spiro atoms. The highest BCUT2D eigenvalue weighted by molar-refractivity contribution is 5.74. The van der Waals surface area contributed by atoms with E-state index in [1.807, 2.05) is 0 Å². The molecule has 4 heteroatoms. The number of carbonyl (C=O) groups is 1. The van der Waals surface area contributed by atoms with E-state index in [-0.39, 0.29) is 6.03 Å². The summed E-state index contributed by atoms with van der Waals surface area (Å²) in [6, 6.07) is 0.477. The molecule has 0 aromatic carbocycles. The van der Waals surface area contributed by atoms with Crippen LogP contribution in [0, 0.1) is 5.92 Å². The van der Waals surface area contributed by atoms with E-state index in [0.29, 0.717) is 6.04 Å². The Balaban J connectivity index is 1.42. The molecule has 0 unspecified atom stereocenters. The van der Waals surface area contributed by atoms with Crippen LogP contribution in [0.3, 0.4) is 0 Å². The van der Waals surface area contributed by atoms with Gasteiger partial charge in [-0.25, -0.2) is 4.79 Å². The second-order valence-electron chi connectivity index (χ2n) is 4.34. The lowest BCUT2D eigenvalue weighted by atomic mass is 9.98. The highest BCUT2D eigenvalue weighted by atomic mass is 16.2. The van der Waals surface area contributed by atoms with Crippen LogP contribution >= 0.6 is 0 Å². The van der Waals surface area contributed by atoms with Crippen molar-refractivity contribution in [1.82, 2.24) is 16.0 Å². The molecule has 0 aromatic heterocycles. The maximum absolute atomic E-state index is 11.2. The summed E-state index contributed by atoms with van der Waals surface area (Å²) in [5, 5.41) is 9.04. The number of carbonyl (C=O) groups excluding carboxylic acids is 1. The van der Waals surface area contributed by atoms with Gasteiger partial charge in [0, 0.05) is 12.6 Å². The number of nitrogens with one attached hydrogen (secondary N) is 3. The summed E-state index contributed by atoms with van der Waals surface area (Å²) >= 11 is 0. The van der Waals surface area contributed by atoms with Crippen molar-refractivity contribution in [2.75, 3.05) is 19.6 Å². The van der Waals surface area contributed by atoms with Crippen molar-refractivity contribution in [3.8, 4) is 0 Å². The number of hydrogen-bond acceptors (Lipinski definition) is 2. The highest BCUT2D eigenvalue weighted by Gasteiger charge is 2.22. The van der Waals surface area contributed by atoms with Gasteiger partial charge in [-0.3, -0.25) is 0 Å². The smallest absolute Gasteiger partial charge is 0.315 e. The van der Waals surface area contributed by atoms with E-state index >= 15 is 0 Å². The molecule has 14 heavy (non-hydrogen) atoms. The second kappa shape index (κ2) is 4.64. The van der Waals surface area contributed by atoms with Crippen molar-refractivity contribution in [1.29, 1.82) is 0 Å². The zero-order chi connectivity index (χ0) is 9.80. The molecule has 1 aliphatic heterocycles. The van der Waals surface area contributed by atoms with Crippen molar-refractivity contribution in [2.45, 2.75) is 31.7 Å². The molecule has 2 aliphatic rings. The van der Waals surface area contributed by atoms with E-state index in [9.17, 15) is 4.79 Å². The van der Waals surface area contributed by atoms with Crippen LogP contribution in [0.1, 0.15) is 25.7 Å². The van der Waals surface area contributed by atoms with Gasteiger partial charge in [-0.2, -0.15) is 0 Å².